The van der Waals surface area contributed by atoms with Crippen molar-refractivity contribution in [2.75, 3.05) is 0 Å². The Morgan fingerprint density at radius 1 is 1.04 bits per heavy atom. The van der Waals surface area contributed by atoms with Crippen molar-refractivity contribution in [3.8, 4) is 0 Å². The van der Waals surface area contributed by atoms with Crippen molar-refractivity contribution in [2.45, 2.75) is 48.7 Å². The summed E-state index contributed by atoms with van der Waals surface area (Å²) in [6.07, 6.45) is 6.02. The number of rotatable bonds is 5. The van der Waals surface area contributed by atoms with E-state index in [4.69, 9.17) is 11.6 Å². The van der Waals surface area contributed by atoms with E-state index in [1.807, 2.05) is 25.1 Å². The van der Waals surface area contributed by atoms with Gasteiger partial charge in [0.2, 0.25) is 0 Å². The van der Waals surface area contributed by atoms with Gasteiger partial charge in [-0.05, 0) is 56.0 Å². The predicted molar refractivity (Wildman–Crippen MR) is 110 cm³/mol. The van der Waals surface area contributed by atoms with Crippen molar-refractivity contribution in [1.82, 2.24) is 0 Å². The summed E-state index contributed by atoms with van der Waals surface area (Å²) in [6, 6.07) is 14.1. The standard InChI is InChI=1S/C22H23ClO3S/c1-17-7-13-20(14-8-17)27(25,26)22(15-3-2-6-21(22)24)16-4-5-18-9-11-19(23)12-10-18/h4-5,7-14H,2-3,6,15-16H2,1H3/b5-4+/t22-/m1/s1. The molecular formula is C22H23ClO3S. The van der Waals surface area contributed by atoms with Gasteiger partial charge in [-0.3, -0.25) is 4.79 Å². The maximum Gasteiger partial charge on any atom is 0.191 e. The van der Waals surface area contributed by atoms with Crippen LogP contribution in [0.15, 0.2) is 59.5 Å². The minimum absolute atomic E-state index is 0.171. The number of carbonyl (C=O) groups is 1. The van der Waals surface area contributed by atoms with E-state index >= 15 is 0 Å². The van der Waals surface area contributed by atoms with Crippen LogP contribution >= 0.6 is 11.6 Å². The second-order valence-corrected chi connectivity index (χ2v) is 9.80. The molecule has 1 fully saturated rings. The average Bonchev–Trinajstić information content (AvgIpc) is 2.65. The Bertz CT molecular complexity index is 944. The number of benzene rings is 2. The van der Waals surface area contributed by atoms with E-state index in [0.29, 0.717) is 17.9 Å². The summed E-state index contributed by atoms with van der Waals surface area (Å²) in [6.45, 7) is 1.91. The van der Waals surface area contributed by atoms with Crippen molar-refractivity contribution < 1.29 is 13.2 Å². The number of hydrogen-bond acceptors (Lipinski definition) is 3. The topological polar surface area (TPSA) is 51.2 Å². The maximum atomic E-state index is 13.4. The normalized spacial score (nSPS) is 20.9. The van der Waals surface area contributed by atoms with Gasteiger partial charge >= 0.3 is 0 Å². The molecule has 1 atom stereocenters. The van der Waals surface area contributed by atoms with E-state index in [1.54, 1.807) is 42.5 Å². The molecule has 3 rings (SSSR count). The van der Waals surface area contributed by atoms with E-state index in [2.05, 4.69) is 0 Å². The predicted octanol–water partition coefficient (Wildman–Crippen LogP) is 5.41. The second-order valence-electron chi connectivity index (χ2n) is 7.10. The van der Waals surface area contributed by atoms with Crippen LogP contribution in [0, 0.1) is 6.92 Å². The quantitative estimate of drug-likeness (QED) is 0.672. The van der Waals surface area contributed by atoms with E-state index in [-0.39, 0.29) is 17.1 Å². The van der Waals surface area contributed by atoms with Gasteiger partial charge in [-0.15, -0.1) is 0 Å². The molecule has 0 aliphatic heterocycles. The summed E-state index contributed by atoms with van der Waals surface area (Å²) in [5, 5.41) is 0.646. The van der Waals surface area contributed by atoms with Crippen LogP contribution in [-0.4, -0.2) is 18.9 Å². The van der Waals surface area contributed by atoms with Gasteiger partial charge in [-0.2, -0.15) is 0 Å². The molecule has 3 nitrogen and oxygen atoms in total. The smallest absolute Gasteiger partial charge is 0.191 e. The van der Waals surface area contributed by atoms with Gasteiger partial charge < -0.3 is 0 Å². The third-order valence-corrected chi connectivity index (χ3v) is 7.99. The number of aryl methyl sites for hydroxylation is 1. The monoisotopic (exact) mass is 402 g/mol. The molecule has 0 aromatic heterocycles. The van der Waals surface area contributed by atoms with Gasteiger partial charge in [0, 0.05) is 11.4 Å². The van der Waals surface area contributed by atoms with Gasteiger partial charge in [-0.1, -0.05) is 60.0 Å². The molecule has 0 amide bonds. The first kappa shape index (κ1) is 19.8. The molecule has 1 aliphatic rings. The van der Waals surface area contributed by atoms with Crippen molar-refractivity contribution in [2.24, 2.45) is 0 Å². The molecule has 2 aromatic carbocycles. The number of allylic oxidation sites excluding steroid dienone is 1. The first-order valence-electron chi connectivity index (χ1n) is 9.12. The molecule has 0 bridgehead atoms. The fourth-order valence-corrected chi connectivity index (χ4v) is 5.78. The van der Waals surface area contributed by atoms with Crippen LogP contribution in [0.5, 0.6) is 0 Å². The molecule has 0 heterocycles. The number of halogens is 1. The molecule has 0 spiro atoms. The number of sulfone groups is 1. The fourth-order valence-electron chi connectivity index (χ4n) is 3.58. The van der Waals surface area contributed by atoms with Crippen LogP contribution in [0.2, 0.25) is 5.02 Å². The Morgan fingerprint density at radius 3 is 2.33 bits per heavy atom. The lowest BCUT2D eigenvalue weighted by atomic mass is 9.84. The summed E-state index contributed by atoms with van der Waals surface area (Å²) < 4.78 is 25.5. The third-order valence-electron chi connectivity index (χ3n) is 5.22. The van der Waals surface area contributed by atoms with Crippen LogP contribution in [-0.2, 0) is 14.6 Å². The van der Waals surface area contributed by atoms with E-state index in [1.165, 1.54) is 0 Å². The summed E-state index contributed by atoms with van der Waals surface area (Å²) in [7, 11) is -3.77. The first-order valence-corrected chi connectivity index (χ1v) is 11.0. The Hall–Kier alpha value is -1.91. The van der Waals surface area contributed by atoms with E-state index in [0.717, 1.165) is 24.0 Å². The van der Waals surface area contributed by atoms with Crippen molar-refractivity contribution in [1.29, 1.82) is 0 Å². The van der Waals surface area contributed by atoms with Crippen LogP contribution in [0.3, 0.4) is 0 Å². The highest BCUT2D eigenvalue weighted by Gasteiger charge is 2.50. The van der Waals surface area contributed by atoms with E-state index in [9.17, 15) is 13.2 Å². The summed E-state index contributed by atoms with van der Waals surface area (Å²) in [4.78, 5) is 13.1. The van der Waals surface area contributed by atoms with Crippen LogP contribution in [0.4, 0.5) is 0 Å². The number of hydrogen-bond donors (Lipinski definition) is 0. The molecule has 142 valence electrons. The minimum atomic E-state index is -3.77. The van der Waals surface area contributed by atoms with Crippen molar-refractivity contribution >= 4 is 33.3 Å². The number of Topliss-reactive ketones (excluding diaryl/α,β-unsaturated/α-hetero) is 1. The molecule has 1 aliphatic carbocycles. The second kappa shape index (κ2) is 7.99. The van der Waals surface area contributed by atoms with Gasteiger partial charge in [0.1, 0.15) is 4.75 Å². The SMILES string of the molecule is Cc1ccc(S(=O)(=O)[C@@]2(C/C=C/c3ccc(Cl)cc3)CCCCC2=O)cc1. The Morgan fingerprint density at radius 2 is 1.70 bits per heavy atom. The highest BCUT2D eigenvalue weighted by molar-refractivity contribution is 7.93. The van der Waals surface area contributed by atoms with Crippen LogP contribution in [0.1, 0.15) is 43.2 Å². The van der Waals surface area contributed by atoms with Gasteiger partial charge in [0.05, 0.1) is 4.90 Å². The van der Waals surface area contributed by atoms with Gasteiger partial charge in [-0.25, -0.2) is 8.42 Å². The molecule has 0 saturated heterocycles. The zero-order valence-electron chi connectivity index (χ0n) is 15.3. The van der Waals surface area contributed by atoms with Crippen molar-refractivity contribution in [3.05, 3.63) is 70.8 Å². The Kier molecular flexibility index (Phi) is 5.87. The number of carbonyl (C=O) groups excluding carboxylic acids is 1. The Balaban J connectivity index is 1.95. The molecular weight excluding hydrogens is 380 g/mol. The highest BCUT2D eigenvalue weighted by atomic mass is 35.5. The van der Waals surface area contributed by atoms with Gasteiger partial charge in [0.15, 0.2) is 15.6 Å². The molecule has 0 radical (unpaired) electrons. The zero-order chi connectivity index (χ0) is 19.5. The summed E-state index contributed by atoms with van der Waals surface area (Å²) in [5.74, 6) is -0.171. The third kappa shape index (κ3) is 4.02. The summed E-state index contributed by atoms with van der Waals surface area (Å²) in [5.41, 5.74) is 1.91. The highest BCUT2D eigenvalue weighted by Crippen LogP contribution is 2.40. The molecule has 27 heavy (non-hydrogen) atoms. The zero-order valence-corrected chi connectivity index (χ0v) is 16.9. The molecule has 1 saturated carbocycles. The molecule has 5 heteroatoms. The largest absolute Gasteiger partial charge is 0.298 e. The lowest BCUT2D eigenvalue weighted by Gasteiger charge is -2.34. The van der Waals surface area contributed by atoms with E-state index < -0.39 is 14.6 Å². The fraction of sp³-hybridized carbons (Fsp3) is 0.318. The molecule has 0 unspecified atom stereocenters. The van der Waals surface area contributed by atoms with Crippen LogP contribution < -0.4 is 0 Å². The van der Waals surface area contributed by atoms with Crippen LogP contribution in [0.25, 0.3) is 6.08 Å². The van der Waals surface area contributed by atoms with Crippen molar-refractivity contribution in [3.63, 3.8) is 0 Å². The lowest BCUT2D eigenvalue weighted by Crippen LogP contribution is -2.48. The van der Waals surface area contributed by atoms with Gasteiger partial charge in [0.25, 0.3) is 0 Å². The minimum Gasteiger partial charge on any atom is -0.298 e. The summed E-state index contributed by atoms with van der Waals surface area (Å²) >= 11 is 5.90. The first-order chi connectivity index (χ1) is 12.8. The lowest BCUT2D eigenvalue weighted by molar-refractivity contribution is -0.123. The molecule has 0 N–H and O–H groups in total. The Labute approximate surface area is 166 Å². The maximum absolute atomic E-state index is 13.4. The number of ketones is 1. The average molecular weight is 403 g/mol. The molecule has 2 aromatic rings.